The number of amides is 2. The van der Waals surface area contributed by atoms with E-state index >= 15 is 0 Å². The minimum absolute atomic E-state index is 0.217. The van der Waals surface area contributed by atoms with Gasteiger partial charge in [-0.05, 0) is 60.8 Å². The van der Waals surface area contributed by atoms with E-state index in [0.29, 0.717) is 12.8 Å². The van der Waals surface area contributed by atoms with Crippen LogP contribution in [-0.4, -0.2) is 46.5 Å². The first-order chi connectivity index (χ1) is 11.3. The third-order valence-electron chi connectivity index (χ3n) is 3.60. The highest BCUT2D eigenvalue weighted by Gasteiger charge is 2.37. The molecular formula is C17H30N2O6. The Morgan fingerprint density at radius 2 is 1.28 bits per heavy atom. The lowest BCUT2D eigenvalue weighted by Crippen LogP contribution is -2.56. The fraction of sp³-hybridized carbons (Fsp3) is 0.824. The van der Waals surface area contributed by atoms with Crippen molar-refractivity contribution in [3.8, 4) is 0 Å². The van der Waals surface area contributed by atoms with E-state index in [1.807, 2.05) is 0 Å². The highest BCUT2D eigenvalue weighted by molar-refractivity contribution is 5.72. The summed E-state index contributed by atoms with van der Waals surface area (Å²) in [7, 11) is 0. The van der Waals surface area contributed by atoms with Crippen molar-refractivity contribution >= 4 is 18.2 Å². The van der Waals surface area contributed by atoms with Gasteiger partial charge in [0.05, 0.1) is 18.0 Å². The van der Waals surface area contributed by atoms with E-state index in [1.165, 1.54) is 0 Å². The predicted molar refractivity (Wildman–Crippen MR) is 91.3 cm³/mol. The first-order valence-electron chi connectivity index (χ1n) is 8.48. The summed E-state index contributed by atoms with van der Waals surface area (Å²) in [5, 5.41) is 14.7. The summed E-state index contributed by atoms with van der Waals surface area (Å²) in [6, 6.07) is -0.963. The van der Waals surface area contributed by atoms with E-state index < -0.39 is 47.4 Å². The molecule has 1 fully saturated rings. The summed E-state index contributed by atoms with van der Waals surface area (Å²) in [4.78, 5) is 35.3. The summed E-state index contributed by atoms with van der Waals surface area (Å²) in [5.41, 5.74) is -1.31. The molecule has 25 heavy (non-hydrogen) atoms. The minimum atomic E-state index is -0.910. The van der Waals surface area contributed by atoms with Gasteiger partial charge in [0, 0.05) is 0 Å². The Balaban J connectivity index is 2.77. The van der Waals surface area contributed by atoms with Crippen molar-refractivity contribution in [2.24, 2.45) is 5.92 Å². The SMILES string of the molecule is CC(C)(C)OC(=O)N[C@@H]1CC[C@H](C(=O)O)C[C@H]1NC(=O)OC(C)(C)C. The van der Waals surface area contributed by atoms with Crippen LogP contribution in [0.2, 0.25) is 0 Å². The number of nitrogens with one attached hydrogen (secondary N) is 2. The number of carbonyl (C=O) groups is 3. The molecule has 0 radical (unpaired) electrons. The van der Waals surface area contributed by atoms with E-state index in [2.05, 4.69) is 10.6 Å². The Morgan fingerprint density at radius 3 is 1.68 bits per heavy atom. The highest BCUT2D eigenvalue weighted by atomic mass is 16.6. The average Bonchev–Trinajstić information content (AvgIpc) is 2.35. The van der Waals surface area contributed by atoms with Gasteiger partial charge < -0.3 is 25.2 Å². The van der Waals surface area contributed by atoms with Crippen molar-refractivity contribution in [3.05, 3.63) is 0 Å². The van der Waals surface area contributed by atoms with Gasteiger partial charge in [-0.25, -0.2) is 9.59 Å². The molecule has 3 atom stereocenters. The molecular weight excluding hydrogens is 328 g/mol. The highest BCUT2D eigenvalue weighted by Crippen LogP contribution is 2.26. The Kier molecular flexibility index (Phi) is 6.68. The second-order valence-electron chi connectivity index (χ2n) is 8.35. The summed E-state index contributed by atoms with van der Waals surface area (Å²) < 4.78 is 10.5. The summed E-state index contributed by atoms with van der Waals surface area (Å²) in [6.45, 7) is 10.5. The molecule has 1 rings (SSSR count). The molecule has 0 aromatic carbocycles. The van der Waals surface area contributed by atoms with Crippen LogP contribution in [-0.2, 0) is 14.3 Å². The van der Waals surface area contributed by atoms with Gasteiger partial charge in [0.1, 0.15) is 11.2 Å². The maximum absolute atomic E-state index is 12.0. The van der Waals surface area contributed by atoms with Crippen LogP contribution in [0.15, 0.2) is 0 Å². The Labute approximate surface area is 148 Å². The number of aliphatic carboxylic acids is 1. The molecule has 0 bridgehead atoms. The number of rotatable bonds is 3. The van der Waals surface area contributed by atoms with Crippen molar-refractivity contribution < 1.29 is 29.0 Å². The summed E-state index contributed by atoms with van der Waals surface area (Å²) in [6.07, 6.45) is -0.171. The van der Waals surface area contributed by atoms with Crippen LogP contribution in [0.1, 0.15) is 60.8 Å². The number of ether oxygens (including phenoxy) is 2. The molecule has 2 amide bonds. The third-order valence-corrected chi connectivity index (χ3v) is 3.60. The van der Waals surface area contributed by atoms with Crippen LogP contribution < -0.4 is 10.6 Å². The molecule has 0 saturated heterocycles. The average molecular weight is 358 g/mol. The number of hydrogen-bond acceptors (Lipinski definition) is 5. The molecule has 0 aliphatic heterocycles. The van der Waals surface area contributed by atoms with Crippen molar-refractivity contribution in [3.63, 3.8) is 0 Å². The normalized spacial score (nSPS) is 24.2. The van der Waals surface area contributed by atoms with E-state index in [1.54, 1.807) is 41.5 Å². The smallest absolute Gasteiger partial charge is 0.407 e. The van der Waals surface area contributed by atoms with E-state index in [9.17, 15) is 19.5 Å². The van der Waals surface area contributed by atoms with Gasteiger partial charge in [-0.2, -0.15) is 0 Å². The Morgan fingerprint density at radius 1 is 0.840 bits per heavy atom. The quantitative estimate of drug-likeness (QED) is 0.715. The lowest BCUT2D eigenvalue weighted by atomic mass is 9.82. The van der Waals surface area contributed by atoms with Crippen molar-refractivity contribution in [1.29, 1.82) is 0 Å². The summed E-state index contributed by atoms with van der Waals surface area (Å²) in [5.74, 6) is -1.48. The molecule has 0 aromatic rings. The van der Waals surface area contributed by atoms with Crippen LogP contribution in [0.5, 0.6) is 0 Å². The number of carboxylic acids is 1. The minimum Gasteiger partial charge on any atom is -0.481 e. The van der Waals surface area contributed by atoms with E-state index in [4.69, 9.17) is 9.47 Å². The molecule has 144 valence electrons. The molecule has 0 spiro atoms. The number of carbonyl (C=O) groups excluding carboxylic acids is 2. The monoisotopic (exact) mass is 358 g/mol. The van der Waals surface area contributed by atoms with Crippen molar-refractivity contribution in [2.45, 2.75) is 84.1 Å². The van der Waals surface area contributed by atoms with E-state index in [0.717, 1.165) is 0 Å². The van der Waals surface area contributed by atoms with Crippen LogP contribution in [0, 0.1) is 5.92 Å². The van der Waals surface area contributed by atoms with Crippen molar-refractivity contribution in [1.82, 2.24) is 10.6 Å². The zero-order valence-electron chi connectivity index (χ0n) is 15.8. The van der Waals surface area contributed by atoms with Gasteiger partial charge in [0.2, 0.25) is 0 Å². The second kappa shape index (κ2) is 7.93. The molecule has 8 heteroatoms. The zero-order chi connectivity index (χ0) is 19.4. The number of carboxylic acid groups (broad SMARTS) is 1. The molecule has 8 nitrogen and oxygen atoms in total. The number of alkyl carbamates (subject to hydrolysis) is 2. The molecule has 1 saturated carbocycles. The maximum atomic E-state index is 12.0. The first kappa shape index (κ1) is 21.1. The molecule has 1 aliphatic rings. The Bertz CT molecular complexity index is 506. The van der Waals surface area contributed by atoms with Crippen LogP contribution in [0.4, 0.5) is 9.59 Å². The molecule has 3 N–H and O–H groups in total. The van der Waals surface area contributed by atoms with Crippen LogP contribution >= 0.6 is 0 Å². The third kappa shape index (κ3) is 8.09. The van der Waals surface area contributed by atoms with Crippen LogP contribution in [0.25, 0.3) is 0 Å². The molecule has 0 unspecified atom stereocenters. The lowest BCUT2D eigenvalue weighted by molar-refractivity contribution is -0.143. The van der Waals surface area contributed by atoms with E-state index in [-0.39, 0.29) is 6.42 Å². The molecule has 0 aromatic heterocycles. The zero-order valence-corrected chi connectivity index (χ0v) is 15.8. The van der Waals surface area contributed by atoms with Crippen molar-refractivity contribution in [2.75, 3.05) is 0 Å². The Hall–Kier alpha value is -1.99. The number of hydrogen-bond donors (Lipinski definition) is 3. The van der Waals surface area contributed by atoms with Gasteiger partial charge >= 0.3 is 18.2 Å². The van der Waals surface area contributed by atoms with Gasteiger partial charge in [-0.15, -0.1) is 0 Å². The maximum Gasteiger partial charge on any atom is 0.407 e. The largest absolute Gasteiger partial charge is 0.481 e. The predicted octanol–water partition coefficient (Wildman–Crippen LogP) is 2.66. The fourth-order valence-electron chi connectivity index (χ4n) is 2.65. The molecule has 1 aliphatic carbocycles. The lowest BCUT2D eigenvalue weighted by Gasteiger charge is -2.36. The fourth-order valence-corrected chi connectivity index (χ4v) is 2.65. The van der Waals surface area contributed by atoms with Gasteiger partial charge in [0.25, 0.3) is 0 Å². The topological polar surface area (TPSA) is 114 Å². The van der Waals surface area contributed by atoms with Crippen LogP contribution in [0.3, 0.4) is 0 Å². The standard InChI is InChI=1S/C17H30N2O6/c1-16(2,3)24-14(22)18-11-8-7-10(13(20)21)9-12(11)19-15(23)25-17(4,5)6/h10-12H,7-9H2,1-6H3,(H,18,22)(H,19,23)(H,20,21)/t10-,11+,12+/m0/s1. The first-order valence-corrected chi connectivity index (χ1v) is 8.48. The second-order valence-corrected chi connectivity index (χ2v) is 8.35. The summed E-state index contributed by atoms with van der Waals surface area (Å²) >= 11 is 0. The van der Waals surface area contributed by atoms with Gasteiger partial charge in [-0.3, -0.25) is 4.79 Å². The molecule has 0 heterocycles. The van der Waals surface area contributed by atoms with Gasteiger partial charge in [0.15, 0.2) is 0 Å². The van der Waals surface area contributed by atoms with Gasteiger partial charge in [-0.1, -0.05) is 0 Å².